The van der Waals surface area contributed by atoms with Crippen LogP contribution in [-0.2, 0) is 0 Å². The monoisotopic (exact) mass is 323 g/mol. The Morgan fingerprint density at radius 1 is 1.15 bits per heavy atom. The van der Waals surface area contributed by atoms with Gasteiger partial charge in [0, 0.05) is 15.6 Å². The van der Waals surface area contributed by atoms with Crippen LogP contribution in [0.4, 0.5) is 5.69 Å². The quantitative estimate of drug-likeness (QED) is 0.471. The maximum atomic E-state index is 8.98. The summed E-state index contributed by atoms with van der Waals surface area (Å²) >= 11 is 7.95. The normalized spacial score (nSPS) is 10.9. The molecular weight excluding hydrogens is 314 g/mol. The number of imidazole rings is 1. The second-order valence-corrected chi connectivity index (χ2v) is 5.91. The molecule has 0 aliphatic heterocycles. The van der Waals surface area contributed by atoms with Crippen molar-refractivity contribution in [3.8, 4) is 0 Å². The maximum Gasteiger partial charge on any atom is 0.193 e. The number of halogens is 1. The number of anilines is 1. The van der Waals surface area contributed by atoms with Crippen LogP contribution < -0.4 is 4.72 Å². The highest BCUT2D eigenvalue weighted by molar-refractivity contribution is 8.00. The summed E-state index contributed by atoms with van der Waals surface area (Å²) in [4.78, 5) is 8.29. The summed E-state index contributed by atoms with van der Waals surface area (Å²) in [6, 6.07) is 13.4. The molecular formula is C13H10ClN3OS2. The third kappa shape index (κ3) is 3.04. The van der Waals surface area contributed by atoms with Gasteiger partial charge in [-0.2, -0.15) is 0 Å². The van der Waals surface area contributed by atoms with Crippen LogP contribution in [0.5, 0.6) is 0 Å². The molecule has 1 aromatic heterocycles. The van der Waals surface area contributed by atoms with E-state index in [4.69, 9.17) is 16.2 Å². The van der Waals surface area contributed by atoms with Gasteiger partial charge in [0.15, 0.2) is 5.16 Å². The van der Waals surface area contributed by atoms with Crippen LogP contribution in [0.3, 0.4) is 0 Å². The molecule has 0 saturated carbocycles. The molecule has 0 bridgehead atoms. The van der Waals surface area contributed by atoms with Crippen LogP contribution in [0.2, 0.25) is 5.02 Å². The Bertz CT molecular complexity index is 730. The molecule has 0 atom stereocenters. The smallest absolute Gasteiger partial charge is 0.193 e. The molecule has 0 fully saturated rings. The lowest BCUT2D eigenvalue weighted by atomic mass is 10.3. The van der Waals surface area contributed by atoms with Gasteiger partial charge in [-0.1, -0.05) is 11.6 Å². The van der Waals surface area contributed by atoms with E-state index in [1.165, 1.54) is 11.9 Å². The molecule has 3 aromatic rings. The number of rotatable bonds is 4. The van der Waals surface area contributed by atoms with Gasteiger partial charge in [0.25, 0.3) is 0 Å². The minimum Gasteiger partial charge on any atom is -0.331 e. The SMILES string of the molecule is OSc1nc2ccc(SNc3ccc(Cl)cc3)cc2[nH]1. The minimum atomic E-state index is 0.493. The molecule has 3 N–H and O–H groups in total. The van der Waals surface area contributed by atoms with Gasteiger partial charge < -0.3 is 14.3 Å². The van der Waals surface area contributed by atoms with Crippen LogP contribution in [0.25, 0.3) is 11.0 Å². The van der Waals surface area contributed by atoms with Crippen molar-refractivity contribution < 1.29 is 4.55 Å². The van der Waals surface area contributed by atoms with E-state index in [2.05, 4.69) is 14.7 Å². The predicted octanol–water partition coefficient (Wildman–Crippen LogP) is 4.90. The van der Waals surface area contributed by atoms with Crippen molar-refractivity contribution in [2.24, 2.45) is 0 Å². The zero-order valence-electron chi connectivity index (χ0n) is 10.1. The summed E-state index contributed by atoms with van der Waals surface area (Å²) in [5.41, 5.74) is 2.71. The molecule has 0 aliphatic carbocycles. The highest BCUT2D eigenvalue weighted by atomic mass is 35.5. The Kier molecular flexibility index (Phi) is 4.07. The zero-order chi connectivity index (χ0) is 13.9. The number of aromatic nitrogens is 2. The first-order valence-electron chi connectivity index (χ1n) is 5.74. The van der Waals surface area contributed by atoms with Gasteiger partial charge >= 0.3 is 0 Å². The standard InChI is InChI=1S/C13H10ClN3OS2/c14-8-1-3-9(4-2-8)17-19-10-5-6-11-12(7-10)16-13(15-11)20-18/h1-7,17-18H,(H,15,16). The largest absolute Gasteiger partial charge is 0.331 e. The molecule has 3 rings (SSSR count). The van der Waals surface area contributed by atoms with Gasteiger partial charge in [0.1, 0.15) is 0 Å². The summed E-state index contributed by atoms with van der Waals surface area (Å²) in [6.45, 7) is 0. The number of fused-ring (bicyclic) bond motifs is 1. The van der Waals surface area contributed by atoms with Crippen LogP contribution in [0.1, 0.15) is 0 Å². The summed E-state index contributed by atoms with van der Waals surface area (Å²) in [7, 11) is 0. The molecule has 102 valence electrons. The average molecular weight is 324 g/mol. The fraction of sp³-hybridized carbons (Fsp3) is 0. The first kappa shape index (κ1) is 13.6. The molecule has 4 nitrogen and oxygen atoms in total. The van der Waals surface area contributed by atoms with Crippen molar-refractivity contribution in [2.45, 2.75) is 10.1 Å². The first-order valence-corrected chi connectivity index (χ1v) is 7.71. The van der Waals surface area contributed by atoms with Crippen LogP contribution in [0.15, 0.2) is 52.5 Å². The van der Waals surface area contributed by atoms with Gasteiger partial charge in [-0.25, -0.2) is 4.98 Å². The third-order valence-corrected chi connectivity index (χ3v) is 4.09. The van der Waals surface area contributed by atoms with Crippen molar-refractivity contribution in [3.63, 3.8) is 0 Å². The Morgan fingerprint density at radius 3 is 2.70 bits per heavy atom. The molecule has 0 saturated heterocycles. The van der Waals surface area contributed by atoms with E-state index in [1.807, 2.05) is 42.5 Å². The summed E-state index contributed by atoms with van der Waals surface area (Å²) in [5.74, 6) is 0. The number of hydrogen-bond acceptors (Lipinski definition) is 5. The Labute approximate surface area is 129 Å². The lowest BCUT2D eigenvalue weighted by Gasteiger charge is -2.05. The Morgan fingerprint density at radius 2 is 1.95 bits per heavy atom. The Hall–Kier alpha value is -1.34. The van der Waals surface area contributed by atoms with Gasteiger partial charge in [-0.15, -0.1) is 0 Å². The molecule has 0 aliphatic rings. The number of nitrogens with zero attached hydrogens (tertiary/aromatic N) is 1. The summed E-state index contributed by atoms with van der Waals surface area (Å²) in [5, 5.41) is 1.21. The third-order valence-electron chi connectivity index (χ3n) is 2.65. The second kappa shape index (κ2) is 5.97. The molecule has 2 aromatic carbocycles. The fourth-order valence-corrected chi connectivity index (χ4v) is 2.81. The molecule has 1 heterocycles. The van der Waals surface area contributed by atoms with Gasteiger partial charge in [0.05, 0.1) is 23.1 Å². The number of benzene rings is 2. The lowest BCUT2D eigenvalue weighted by Crippen LogP contribution is -1.86. The molecule has 7 heteroatoms. The van der Waals surface area contributed by atoms with E-state index < -0.39 is 0 Å². The Balaban J connectivity index is 1.75. The molecule has 20 heavy (non-hydrogen) atoms. The van der Waals surface area contributed by atoms with Crippen molar-refractivity contribution in [3.05, 3.63) is 47.5 Å². The lowest BCUT2D eigenvalue weighted by molar-refractivity contribution is 0.657. The van der Waals surface area contributed by atoms with Crippen LogP contribution in [0, 0.1) is 0 Å². The molecule has 0 radical (unpaired) electrons. The second-order valence-electron chi connectivity index (χ2n) is 4.02. The average Bonchev–Trinajstić information content (AvgIpc) is 2.89. The molecule has 0 unspecified atom stereocenters. The van der Waals surface area contributed by atoms with Crippen molar-refractivity contribution >= 4 is 52.3 Å². The number of hydrogen-bond donors (Lipinski definition) is 3. The minimum absolute atomic E-state index is 0.493. The van der Waals surface area contributed by atoms with Crippen molar-refractivity contribution in [1.82, 2.24) is 9.97 Å². The predicted molar refractivity (Wildman–Crippen MR) is 85.5 cm³/mol. The molecule has 0 spiro atoms. The van der Waals surface area contributed by atoms with Crippen LogP contribution >= 0.6 is 35.6 Å². The highest BCUT2D eigenvalue weighted by Crippen LogP contribution is 2.26. The number of nitrogens with one attached hydrogen (secondary N) is 2. The number of aromatic amines is 1. The van der Waals surface area contributed by atoms with E-state index in [0.717, 1.165) is 21.6 Å². The van der Waals surface area contributed by atoms with Gasteiger partial charge in [0.2, 0.25) is 0 Å². The van der Waals surface area contributed by atoms with Crippen molar-refractivity contribution in [1.29, 1.82) is 0 Å². The van der Waals surface area contributed by atoms with E-state index in [-0.39, 0.29) is 0 Å². The number of H-pyrrole nitrogens is 1. The summed E-state index contributed by atoms with van der Waals surface area (Å²) < 4.78 is 12.2. The van der Waals surface area contributed by atoms with Crippen LogP contribution in [-0.4, -0.2) is 14.5 Å². The van der Waals surface area contributed by atoms with Gasteiger partial charge in [-0.3, -0.25) is 0 Å². The zero-order valence-corrected chi connectivity index (χ0v) is 12.5. The van der Waals surface area contributed by atoms with Crippen molar-refractivity contribution in [2.75, 3.05) is 4.72 Å². The van der Waals surface area contributed by atoms with E-state index in [9.17, 15) is 0 Å². The van der Waals surface area contributed by atoms with E-state index >= 15 is 0 Å². The highest BCUT2D eigenvalue weighted by Gasteiger charge is 2.04. The summed E-state index contributed by atoms with van der Waals surface area (Å²) in [6.07, 6.45) is 0. The molecule has 0 amide bonds. The topological polar surface area (TPSA) is 60.9 Å². The fourth-order valence-electron chi connectivity index (χ4n) is 1.71. The maximum absolute atomic E-state index is 8.98. The van der Waals surface area contributed by atoms with Gasteiger partial charge in [-0.05, 0) is 54.4 Å². The first-order chi connectivity index (χ1) is 9.74. The van der Waals surface area contributed by atoms with E-state index in [1.54, 1.807) is 0 Å². The van der Waals surface area contributed by atoms with E-state index in [0.29, 0.717) is 22.2 Å².